The van der Waals surface area contributed by atoms with E-state index >= 15 is 0 Å². The number of rotatable bonds is 7. The molecule has 7 nitrogen and oxygen atoms in total. The van der Waals surface area contributed by atoms with Crippen molar-refractivity contribution in [3.05, 3.63) is 70.4 Å². The number of amides is 1. The molecule has 1 aliphatic rings. The minimum absolute atomic E-state index is 0.0725. The molecule has 0 saturated carbocycles. The van der Waals surface area contributed by atoms with E-state index in [9.17, 15) is 9.59 Å². The zero-order valence-corrected chi connectivity index (χ0v) is 19.2. The van der Waals surface area contributed by atoms with Gasteiger partial charge in [0.15, 0.2) is 0 Å². The zero-order valence-electron chi connectivity index (χ0n) is 18.4. The van der Waals surface area contributed by atoms with E-state index in [2.05, 4.69) is 10.1 Å². The fourth-order valence-electron chi connectivity index (χ4n) is 3.95. The average molecular weight is 466 g/mol. The Kier molecular flexibility index (Phi) is 6.60. The second-order valence-electron chi connectivity index (χ2n) is 8.05. The first-order valence-electron chi connectivity index (χ1n) is 10.7. The van der Waals surface area contributed by atoms with Gasteiger partial charge in [0.25, 0.3) is 0 Å². The molecule has 0 radical (unpaired) electrons. The van der Waals surface area contributed by atoms with Gasteiger partial charge in [0.05, 0.1) is 24.4 Å². The van der Waals surface area contributed by atoms with Crippen molar-refractivity contribution in [3.8, 4) is 5.75 Å². The number of hydrazone groups is 1. The molecule has 3 aromatic rings. The molecule has 1 N–H and O–H groups in total. The van der Waals surface area contributed by atoms with Gasteiger partial charge < -0.3 is 9.84 Å². The smallest absolute Gasteiger partial charge is 0.303 e. The molecule has 1 amide bonds. The van der Waals surface area contributed by atoms with Crippen molar-refractivity contribution in [2.24, 2.45) is 5.10 Å². The highest BCUT2D eigenvalue weighted by molar-refractivity contribution is 6.30. The molecule has 0 bridgehead atoms. The van der Waals surface area contributed by atoms with Crippen LogP contribution in [0.3, 0.4) is 0 Å². The maximum absolute atomic E-state index is 13.0. The third kappa shape index (κ3) is 4.98. The van der Waals surface area contributed by atoms with Crippen molar-refractivity contribution in [1.29, 1.82) is 0 Å². The molecule has 4 rings (SSSR count). The minimum Gasteiger partial charge on any atom is -0.497 e. The minimum atomic E-state index is -0.930. The summed E-state index contributed by atoms with van der Waals surface area (Å²) in [4.78, 5) is 28.5. The van der Waals surface area contributed by atoms with E-state index in [-0.39, 0.29) is 25.2 Å². The summed E-state index contributed by atoms with van der Waals surface area (Å²) in [6, 6.07) is 15.0. The molecule has 170 valence electrons. The molecule has 1 aliphatic heterocycles. The standard InChI is InChI=1S/C25H24ClN3O4/c1-15-6-7-17-13-19(25(26)27-20(17)12-15)22-14-21(16-8-10-18(33-2)11-9-16)28-29(22)23(30)4-3-5-24(31)32/h6-13,22H,3-5,14H2,1-2H3,(H,31,32)/t22-/m0/s1. The quantitative estimate of drug-likeness (QED) is 0.488. The molecule has 33 heavy (non-hydrogen) atoms. The second-order valence-corrected chi connectivity index (χ2v) is 8.40. The number of fused-ring (bicyclic) bond motifs is 1. The number of aromatic nitrogens is 1. The van der Waals surface area contributed by atoms with Crippen LogP contribution in [-0.4, -0.2) is 39.8 Å². The van der Waals surface area contributed by atoms with Gasteiger partial charge in [-0.25, -0.2) is 9.99 Å². The Labute approximate surface area is 196 Å². The number of halogens is 1. The molecule has 0 fully saturated rings. The van der Waals surface area contributed by atoms with E-state index in [0.717, 1.165) is 33.5 Å². The van der Waals surface area contributed by atoms with Crippen LogP contribution in [0.15, 0.2) is 53.6 Å². The molecule has 0 aliphatic carbocycles. The third-order valence-electron chi connectivity index (χ3n) is 5.68. The summed E-state index contributed by atoms with van der Waals surface area (Å²) in [5.41, 5.74) is 4.21. The monoisotopic (exact) mass is 465 g/mol. The third-order valence-corrected chi connectivity index (χ3v) is 5.99. The Balaban J connectivity index is 1.69. The van der Waals surface area contributed by atoms with Gasteiger partial charge in [0.2, 0.25) is 5.91 Å². The maximum Gasteiger partial charge on any atom is 0.303 e. The lowest BCUT2D eigenvalue weighted by molar-refractivity contribution is -0.137. The van der Waals surface area contributed by atoms with Gasteiger partial charge in [-0.05, 0) is 60.9 Å². The first kappa shape index (κ1) is 22.7. The van der Waals surface area contributed by atoms with Gasteiger partial charge in [0.1, 0.15) is 10.9 Å². The van der Waals surface area contributed by atoms with E-state index in [0.29, 0.717) is 17.1 Å². The van der Waals surface area contributed by atoms with Crippen LogP contribution in [0.2, 0.25) is 5.15 Å². The number of carboxylic acid groups (broad SMARTS) is 1. The van der Waals surface area contributed by atoms with Gasteiger partial charge in [-0.3, -0.25) is 9.59 Å². The van der Waals surface area contributed by atoms with Crippen LogP contribution in [-0.2, 0) is 9.59 Å². The van der Waals surface area contributed by atoms with Crippen molar-refractivity contribution >= 4 is 40.1 Å². The van der Waals surface area contributed by atoms with Crippen molar-refractivity contribution in [2.45, 2.75) is 38.6 Å². The number of ether oxygens (including phenoxy) is 1. The van der Waals surface area contributed by atoms with Gasteiger partial charge in [-0.2, -0.15) is 5.10 Å². The largest absolute Gasteiger partial charge is 0.497 e. The molecule has 8 heteroatoms. The lowest BCUT2D eigenvalue weighted by Gasteiger charge is -2.23. The summed E-state index contributed by atoms with van der Waals surface area (Å²) in [6.07, 6.45) is 0.723. The van der Waals surface area contributed by atoms with E-state index < -0.39 is 12.0 Å². The van der Waals surface area contributed by atoms with Crippen molar-refractivity contribution < 1.29 is 19.4 Å². The Bertz CT molecular complexity index is 1240. The van der Waals surface area contributed by atoms with Gasteiger partial charge in [-0.15, -0.1) is 0 Å². The van der Waals surface area contributed by atoms with Crippen molar-refractivity contribution in [2.75, 3.05) is 7.11 Å². The van der Waals surface area contributed by atoms with Crippen LogP contribution in [0, 0.1) is 6.92 Å². The molecular formula is C25H24ClN3O4. The van der Waals surface area contributed by atoms with E-state index in [4.69, 9.17) is 21.4 Å². The summed E-state index contributed by atoms with van der Waals surface area (Å²) >= 11 is 6.59. The summed E-state index contributed by atoms with van der Waals surface area (Å²) in [5.74, 6) is -0.447. The Morgan fingerprint density at radius 3 is 2.61 bits per heavy atom. The summed E-state index contributed by atoms with van der Waals surface area (Å²) in [5, 5.41) is 16.2. The van der Waals surface area contributed by atoms with E-state index in [1.165, 1.54) is 5.01 Å². The topological polar surface area (TPSA) is 92.1 Å². The highest BCUT2D eigenvalue weighted by Crippen LogP contribution is 2.38. The van der Waals surface area contributed by atoms with Crippen LogP contribution in [0.5, 0.6) is 5.75 Å². The number of carbonyl (C=O) groups is 2. The van der Waals surface area contributed by atoms with Crippen LogP contribution >= 0.6 is 11.6 Å². The Morgan fingerprint density at radius 1 is 1.15 bits per heavy atom. The lowest BCUT2D eigenvalue weighted by Crippen LogP contribution is -2.27. The second kappa shape index (κ2) is 9.58. The zero-order chi connectivity index (χ0) is 23.5. The molecule has 2 heterocycles. The first-order chi connectivity index (χ1) is 15.9. The molecule has 1 atom stereocenters. The highest BCUT2D eigenvalue weighted by atomic mass is 35.5. The van der Waals surface area contributed by atoms with E-state index in [1.54, 1.807) is 7.11 Å². The van der Waals surface area contributed by atoms with E-state index in [1.807, 2.05) is 55.5 Å². The van der Waals surface area contributed by atoms with Gasteiger partial charge in [0, 0.05) is 30.2 Å². The summed E-state index contributed by atoms with van der Waals surface area (Å²) < 4.78 is 5.23. The fraction of sp³-hybridized carbons (Fsp3) is 0.280. The first-order valence-corrected chi connectivity index (χ1v) is 11.1. The molecule has 2 aromatic carbocycles. The number of pyridine rings is 1. The number of methoxy groups -OCH3 is 1. The Hall–Kier alpha value is -3.45. The maximum atomic E-state index is 13.0. The highest BCUT2D eigenvalue weighted by Gasteiger charge is 2.34. The van der Waals surface area contributed by atoms with Crippen molar-refractivity contribution in [1.82, 2.24) is 9.99 Å². The molecule has 0 saturated heterocycles. The summed E-state index contributed by atoms with van der Waals surface area (Å²) in [6.45, 7) is 1.99. The lowest BCUT2D eigenvalue weighted by atomic mass is 9.98. The average Bonchev–Trinajstić information content (AvgIpc) is 3.23. The number of aliphatic carboxylic acids is 1. The van der Waals surface area contributed by atoms with Gasteiger partial charge in [-0.1, -0.05) is 23.7 Å². The molecule has 0 unspecified atom stereocenters. The number of hydrogen-bond donors (Lipinski definition) is 1. The number of benzene rings is 2. The SMILES string of the molecule is COc1ccc(C2=NN(C(=O)CCCC(=O)O)[C@H](c3cc4ccc(C)cc4nc3Cl)C2)cc1. The fourth-order valence-corrected chi connectivity index (χ4v) is 4.22. The molecular weight excluding hydrogens is 442 g/mol. The Morgan fingerprint density at radius 2 is 1.91 bits per heavy atom. The summed E-state index contributed by atoms with van der Waals surface area (Å²) in [7, 11) is 1.60. The van der Waals surface area contributed by atoms with Gasteiger partial charge >= 0.3 is 5.97 Å². The number of hydrogen-bond acceptors (Lipinski definition) is 5. The predicted molar refractivity (Wildman–Crippen MR) is 127 cm³/mol. The predicted octanol–water partition coefficient (Wildman–Crippen LogP) is 5.14. The normalized spacial score (nSPS) is 15.5. The molecule has 0 spiro atoms. The van der Waals surface area contributed by atoms with Crippen molar-refractivity contribution in [3.63, 3.8) is 0 Å². The van der Waals surface area contributed by atoms with Crippen LogP contribution < -0.4 is 4.74 Å². The molecule has 1 aromatic heterocycles. The van der Waals surface area contributed by atoms with Crippen LogP contribution in [0.4, 0.5) is 0 Å². The van der Waals surface area contributed by atoms with Crippen LogP contribution in [0.25, 0.3) is 10.9 Å². The number of nitrogens with zero attached hydrogens (tertiary/aromatic N) is 3. The number of carboxylic acids is 1. The number of aryl methyl sites for hydroxylation is 1. The van der Waals surface area contributed by atoms with Crippen LogP contribution in [0.1, 0.15) is 48.4 Å². The number of carbonyl (C=O) groups excluding carboxylic acids is 1.